The summed E-state index contributed by atoms with van der Waals surface area (Å²) < 4.78 is 40.4. The molecule has 0 saturated heterocycles. The van der Waals surface area contributed by atoms with Crippen molar-refractivity contribution in [3.63, 3.8) is 0 Å². The van der Waals surface area contributed by atoms with E-state index >= 15 is 0 Å². The van der Waals surface area contributed by atoms with Gasteiger partial charge in [-0.2, -0.15) is 0 Å². The van der Waals surface area contributed by atoms with E-state index in [1.54, 1.807) is 6.92 Å². The van der Waals surface area contributed by atoms with Crippen LogP contribution in [0.3, 0.4) is 0 Å². The zero-order valence-corrected chi connectivity index (χ0v) is 13.6. The van der Waals surface area contributed by atoms with Gasteiger partial charge in [0.15, 0.2) is 0 Å². The fraction of sp³-hybridized carbons (Fsp3) is 0.625. The molecular weight excluding hydrogens is 289 g/mol. The summed E-state index contributed by atoms with van der Waals surface area (Å²) in [5.41, 5.74) is -0.116. The van der Waals surface area contributed by atoms with Gasteiger partial charge in [-0.1, -0.05) is 6.92 Å². The van der Waals surface area contributed by atoms with Gasteiger partial charge in [-0.15, -0.1) is 0 Å². The zero-order chi connectivity index (χ0) is 16.5. The molecule has 22 heavy (non-hydrogen) atoms. The van der Waals surface area contributed by atoms with Gasteiger partial charge in [0.2, 0.25) is 0 Å². The molecule has 1 aromatic carbocycles. The smallest absolute Gasteiger partial charge is 0.407 e. The first-order valence-electron chi connectivity index (χ1n) is 7.78. The van der Waals surface area contributed by atoms with Gasteiger partial charge in [0.25, 0.3) is 0 Å². The lowest BCUT2D eigenvalue weighted by Gasteiger charge is -2.28. The van der Waals surface area contributed by atoms with Crippen molar-refractivity contribution in [1.29, 1.82) is 0 Å². The SMILES string of the molecule is CCOB(OC(C)(C)CC)c1c(F)cc2c(c1F)C(O)CC2. The molecule has 1 aliphatic rings. The second-order valence-electron chi connectivity index (χ2n) is 6.23. The minimum Gasteiger partial charge on any atom is -0.407 e. The molecule has 0 radical (unpaired) electrons. The van der Waals surface area contributed by atoms with E-state index in [-0.39, 0.29) is 17.6 Å². The van der Waals surface area contributed by atoms with Gasteiger partial charge in [0.05, 0.1) is 11.6 Å². The standard InChI is InChI=1S/C16H23BF2O3/c1-5-16(3,4)22-17(21-6-2)14-11(18)9-10-7-8-12(20)13(10)15(14)19/h9,12,20H,5-8H2,1-4H3. The lowest BCUT2D eigenvalue weighted by Crippen LogP contribution is -2.47. The lowest BCUT2D eigenvalue weighted by molar-refractivity contribution is 0.0700. The van der Waals surface area contributed by atoms with Crippen molar-refractivity contribution < 1.29 is 23.2 Å². The second kappa shape index (κ2) is 6.65. The molecule has 1 unspecified atom stereocenters. The Morgan fingerprint density at radius 1 is 1.36 bits per heavy atom. The van der Waals surface area contributed by atoms with Crippen LogP contribution in [0, 0.1) is 11.6 Å². The molecule has 0 aliphatic heterocycles. The molecule has 0 saturated carbocycles. The summed E-state index contributed by atoms with van der Waals surface area (Å²) in [5, 5.41) is 9.92. The molecule has 0 bridgehead atoms. The maximum Gasteiger partial charge on any atom is 0.500 e. The maximum atomic E-state index is 14.8. The molecule has 0 amide bonds. The largest absolute Gasteiger partial charge is 0.500 e. The third-order valence-electron chi connectivity index (χ3n) is 4.23. The van der Waals surface area contributed by atoms with Crippen LogP contribution in [0.4, 0.5) is 8.78 Å². The maximum absolute atomic E-state index is 14.8. The predicted molar refractivity (Wildman–Crippen MR) is 82.1 cm³/mol. The van der Waals surface area contributed by atoms with Gasteiger partial charge in [-0.05, 0) is 51.7 Å². The molecule has 0 spiro atoms. The number of halogens is 2. The van der Waals surface area contributed by atoms with Crippen LogP contribution < -0.4 is 5.46 Å². The molecule has 2 rings (SSSR count). The van der Waals surface area contributed by atoms with Crippen LogP contribution in [-0.2, 0) is 15.7 Å². The van der Waals surface area contributed by atoms with E-state index < -0.39 is 30.5 Å². The van der Waals surface area contributed by atoms with Gasteiger partial charge in [0.1, 0.15) is 11.6 Å². The molecular formula is C16H23BF2O3. The molecule has 1 N–H and O–H groups in total. The quantitative estimate of drug-likeness (QED) is 0.821. The first-order chi connectivity index (χ1) is 10.3. The summed E-state index contributed by atoms with van der Waals surface area (Å²) in [5.74, 6) is -1.43. The number of hydrogen-bond acceptors (Lipinski definition) is 3. The topological polar surface area (TPSA) is 38.7 Å². The third-order valence-corrected chi connectivity index (χ3v) is 4.23. The first kappa shape index (κ1) is 17.4. The molecule has 1 atom stereocenters. The predicted octanol–water partition coefficient (Wildman–Crippen LogP) is 2.88. The third kappa shape index (κ3) is 3.34. The summed E-state index contributed by atoms with van der Waals surface area (Å²) in [6.45, 7) is 7.63. The lowest BCUT2D eigenvalue weighted by atomic mass is 9.75. The first-order valence-corrected chi connectivity index (χ1v) is 7.78. The van der Waals surface area contributed by atoms with Crippen molar-refractivity contribution in [1.82, 2.24) is 0 Å². The number of aliphatic hydroxyl groups is 1. The van der Waals surface area contributed by atoms with Crippen molar-refractivity contribution in [3.05, 3.63) is 28.8 Å². The van der Waals surface area contributed by atoms with Crippen LogP contribution in [0.15, 0.2) is 6.07 Å². The molecule has 3 nitrogen and oxygen atoms in total. The Bertz CT molecular complexity index is 549. The highest BCUT2D eigenvalue weighted by Crippen LogP contribution is 2.33. The van der Waals surface area contributed by atoms with Crippen LogP contribution in [0.2, 0.25) is 0 Å². The van der Waals surface area contributed by atoms with Crippen LogP contribution in [0.25, 0.3) is 0 Å². The second-order valence-corrected chi connectivity index (χ2v) is 6.23. The van der Waals surface area contributed by atoms with E-state index in [0.717, 1.165) is 0 Å². The average molecular weight is 312 g/mol. The van der Waals surface area contributed by atoms with Crippen LogP contribution in [-0.4, -0.2) is 24.4 Å². The zero-order valence-electron chi connectivity index (χ0n) is 13.6. The Morgan fingerprint density at radius 3 is 2.64 bits per heavy atom. The Labute approximate surface area is 130 Å². The van der Waals surface area contributed by atoms with Crippen molar-refractivity contribution in [3.8, 4) is 0 Å². The fourth-order valence-electron chi connectivity index (χ4n) is 2.62. The summed E-state index contributed by atoms with van der Waals surface area (Å²) >= 11 is 0. The minimum absolute atomic E-state index is 0.180. The summed E-state index contributed by atoms with van der Waals surface area (Å²) in [4.78, 5) is 0. The summed E-state index contributed by atoms with van der Waals surface area (Å²) in [7, 11) is -1.13. The molecule has 6 heteroatoms. The van der Waals surface area contributed by atoms with Gasteiger partial charge in [-0.3, -0.25) is 0 Å². The van der Waals surface area contributed by atoms with E-state index in [9.17, 15) is 13.9 Å². The van der Waals surface area contributed by atoms with Gasteiger partial charge >= 0.3 is 7.12 Å². The molecule has 0 fully saturated rings. The normalized spacial score (nSPS) is 17.7. The van der Waals surface area contributed by atoms with E-state index in [1.807, 2.05) is 20.8 Å². The monoisotopic (exact) mass is 312 g/mol. The van der Waals surface area contributed by atoms with Crippen molar-refractivity contribution in [2.24, 2.45) is 0 Å². The minimum atomic E-state index is -1.13. The van der Waals surface area contributed by atoms with Gasteiger partial charge < -0.3 is 14.4 Å². The number of benzene rings is 1. The number of rotatable bonds is 6. The van der Waals surface area contributed by atoms with E-state index in [0.29, 0.717) is 24.8 Å². The van der Waals surface area contributed by atoms with E-state index in [1.165, 1.54) is 6.07 Å². The van der Waals surface area contributed by atoms with Gasteiger partial charge in [-0.25, -0.2) is 8.78 Å². The van der Waals surface area contributed by atoms with Crippen molar-refractivity contribution >= 4 is 12.6 Å². The Morgan fingerprint density at radius 2 is 2.05 bits per heavy atom. The number of fused-ring (bicyclic) bond motifs is 1. The van der Waals surface area contributed by atoms with E-state index in [4.69, 9.17) is 9.31 Å². The van der Waals surface area contributed by atoms with Crippen LogP contribution >= 0.6 is 0 Å². The van der Waals surface area contributed by atoms with Crippen LogP contribution in [0.5, 0.6) is 0 Å². The Hall–Kier alpha value is -0.975. The van der Waals surface area contributed by atoms with Crippen LogP contribution in [0.1, 0.15) is 57.8 Å². The molecule has 122 valence electrons. The Balaban J connectivity index is 2.46. The highest BCUT2D eigenvalue weighted by atomic mass is 19.1. The van der Waals surface area contributed by atoms with Crippen molar-refractivity contribution in [2.75, 3.05) is 6.61 Å². The van der Waals surface area contributed by atoms with E-state index in [2.05, 4.69) is 0 Å². The molecule has 0 aromatic heterocycles. The summed E-state index contributed by atoms with van der Waals surface area (Å²) in [6, 6.07) is 1.29. The highest BCUT2D eigenvalue weighted by Gasteiger charge is 2.37. The highest BCUT2D eigenvalue weighted by molar-refractivity contribution is 6.61. The molecule has 0 heterocycles. The molecule has 1 aliphatic carbocycles. The van der Waals surface area contributed by atoms with Crippen molar-refractivity contribution in [2.45, 2.75) is 58.7 Å². The van der Waals surface area contributed by atoms with Gasteiger partial charge in [0, 0.05) is 17.8 Å². The number of aliphatic hydroxyl groups excluding tert-OH is 1. The summed E-state index contributed by atoms with van der Waals surface area (Å²) in [6.07, 6.45) is 0.671. The fourth-order valence-corrected chi connectivity index (χ4v) is 2.62. The molecule has 1 aromatic rings. The Kier molecular flexibility index (Phi) is 5.25. The average Bonchev–Trinajstić information content (AvgIpc) is 2.80. The number of hydrogen-bond donors (Lipinski definition) is 1. The number of aryl methyl sites for hydroxylation is 1.